The van der Waals surface area contributed by atoms with Gasteiger partial charge in [-0.1, -0.05) is 11.6 Å². The van der Waals surface area contributed by atoms with Crippen LogP contribution in [0.4, 0.5) is 21.6 Å². The fraction of sp³-hybridized carbons (Fsp3) is 0.269. The monoisotopic (exact) mass is 511 g/mol. The molecule has 0 atom stereocenters. The molecule has 0 bridgehead atoms. The standard InChI is InChI=1S/C26H27ClFN5O3/c1-33(2)18-5-6-20(23(14-18)36-19-9-11-29-12-10-19)25(34)31-22-7-4-17(28)13-21(22)26(35)32-24-8-3-16(27)15-30-24/h3-8,13-15,19,29H,9-12H2,1-2H3,(H,31,34)(H,30,32,35). The van der Waals surface area contributed by atoms with Crippen molar-refractivity contribution in [2.24, 2.45) is 0 Å². The molecule has 36 heavy (non-hydrogen) atoms. The molecule has 10 heteroatoms. The van der Waals surface area contributed by atoms with Gasteiger partial charge < -0.3 is 25.6 Å². The molecule has 2 heterocycles. The smallest absolute Gasteiger partial charge is 0.259 e. The Bertz CT molecular complexity index is 1250. The number of aromatic nitrogens is 1. The molecular formula is C26H27ClFN5O3. The first-order chi connectivity index (χ1) is 17.3. The van der Waals surface area contributed by atoms with Gasteiger partial charge in [-0.3, -0.25) is 9.59 Å². The van der Waals surface area contributed by atoms with Crippen LogP contribution in [0.3, 0.4) is 0 Å². The Morgan fingerprint density at radius 2 is 1.78 bits per heavy atom. The molecule has 3 aromatic rings. The highest BCUT2D eigenvalue weighted by atomic mass is 35.5. The van der Waals surface area contributed by atoms with Crippen LogP contribution in [-0.2, 0) is 0 Å². The van der Waals surface area contributed by atoms with Gasteiger partial charge in [-0.25, -0.2) is 9.37 Å². The van der Waals surface area contributed by atoms with E-state index in [0.29, 0.717) is 16.3 Å². The number of hydrogen-bond donors (Lipinski definition) is 3. The molecule has 0 saturated carbocycles. The molecule has 2 amide bonds. The summed E-state index contributed by atoms with van der Waals surface area (Å²) in [7, 11) is 3.81. The zero-order chi connectivity index (χ0) is 25.7. The summed E-state index contributed by atoms with van der Waals surface area (Å²) in [6.07, 6.45) is 3.02. The fourth-order valence-electron chi connectivity index (χ4n) is 3.80. The van der Waals surface area contributed by atoms with Gasteiger partial charge in [0, 0.05) is 32.0 Å². The van der Waals surface area contributed by atoms with Crippen LogP contribution in [0.25, 0.3) is 0 Å². The number of halogens is 2. The number of carbonyl (C=O) groups excluding carboxylic acids is 2. The van der Waals surface area contributed by atoms with Gasteiger partial charge in [-0.05, 0) is 68.4 Å². The topological polar surface area (TPSA) is 95.6 Å². The van der Waals surface area contributed by atoms with Crippen molar-refractivity contribution in [2.45, 2.75) is 18.9 Å². The SMILES string of the molecule is CN(C)c1ccc(C(=O)Nc2ccc(F)cc2C(=O)Nc2ccc(Cl)cn2)c(OC2CCNCC2)c1. The molecule has 3 N–H and O–H groups in total. The highest BCUT2D eigenvalue weighted by Crippen LogP contribution is 2.29. The number of benzene rings is 2. The van der Waals surface area contributed by atoms with Crippen molar-refractivity contribution in [2.75, 3.05) is 42.7 Å². The van der Waals surface area contributed by atoms with E-state index >= 15 is 0 Å². The first kappa shape index (κ1) is 25.4. The summed E-state index contributed by atoms with van der Waals surface area (Å²) in [4.78, 5) is 32.2. The largest absolute Gasteiger partial charge is 0.489 e. The number of ether oxygens (including phenoxy) is 1. The van der Waals surface area contributed by atoms with Crippen LogP contribution in [0.5, 0.6) is 5.75 Å². The van der Waals surface area contributed by atoms with E-state index in [0.717, 1.165) is 37.7 Å². The summed E-state index contributed by atoms with van der Waals surface area (Å²) >= 11 is 5.84. The minimum Gasteiger partial charge on any atom is -0.489 e. The number of pyridine rings is 1. The van der Waals surface area contributed by atoms with Crippen LogP contribution in [0.1, 0.15) is 33.6 Å². The van der Waals surface area contributed by atoms with Crippen molar-refractivity contribution < 1.29 is 18.7 Å². The van der Waals surface area contributed by atoms with Crippen LogP contribution in [0.15, 0.2) is 54.7 Å². The summed E-state index contributed by atoms with van der Waals surface area (Å²) < 4.78 is 20.3. The third-order valence-electron chi connectivity index (χ3n) is 5.75. The highest BCUT2D eigenvalue weighted by molar-refractivity contribution is 6.30. The average Bonchev–Trinajstić information content (AvgIpc) is 2.87. The number of rotatable bonds is 7. The minimum absolute atomic E-state index is 0.0192. The molecule has 0 radical (unpaired) electrons. The molecule has 1 aliphatic heterocycles. The number of nitrogens with one attached hydrogen (secondary N) is 3. The molecule has 1 fully saturated rings. The molecule has 0 unspecified atom stereocenters. The Kier molecular flexibility index (Phi) is 8.02. The molecule has 0 aliphatic carbocycles. The van der Waals surface area contributed by atoms with E-state index in [-0.39, 0.29) is 23.2 Å². The summed E-state index contributed by atoms with van der Waals surface area (Å²) in [5.41, 5.74) is 1.30. The molecule has 1 aliphatic rings. The maximum atomic E-state index is 14.0. The van der Waals surface area contributed by atoms with E-state index in [2.05, 4.69) is 20.9 Å². The van der Waals surface area contributed by atoms with Crippen molar-refractivity contribution in [3.8, 4) is 5.75 Å². The lowest BCUT2D eigenvalue weighted by Crippen LogP contribution is -2.34. The fourth-order valence-corrected chi connectivity index (χ4v) is 3.92. The summed E-state index contributed by atoms with van der Waals surface area (Å²) in [6.45, 7) is 1.69. The molecule has 1 aromatic heterocycles. The minimum atomic E-state index is -0.631. The van der Waals surface area contributed by atoms with E-state index in [1.54, 1.807) is 12.1 Å². The van der Waals surface area contributed by atoms with E-state index in [1.807, 2.05) is 31.1 Å². The van der Waals surface area contributed by atoms with Crippen LogP contribution in [0, 0.1) is 5.82 Å². The normalized spacial score (nSPS) is 13.7. The van der Waals surface area contributed by atoms with Gasteiger partial charge in [-0.2, -0.15) is 0 Å². The lowest BCUT2D eigenvalue weighted by molar-refractivity contribution is 0.101. The van der Waals surface area contributed by atoms with Gasteiger partial charge in [0.05, 0.1) is 21.8 Å². The molecule has 1 saturated heterocycles. The van der Waals surface area contributed by atoms with Crippen LogP contribution >= 0.6 is 11.6 Å². The van der Waals surface area contributed by atoms with Gasteiger partial charge in [0.15, 0.2) is 0 Å². The Hall–Kier alpha value is -3.69. The molecular weight excluding hydrogens is 485 g/mol. The van der Waals surface area contributed by atoms with Gasteiger partial charge >= 0.3 is 0 Å². The maximum absolute atomic E-state index is 14.0. The van der Waals surface area contributed by atoms with Crippen LogP contribution in [-0.4, -0.2) is 50.1 Å². The summed E-state index contributed by atoms with van der Waals surface area (Å²) in [5.74, 6) is -1.04. The Balaban J connectivity index is 1.59. The molecule has 8 nitrogen and oxygen atoms in total. The highest BCUT2D eigenvalue weighted by Gasteiger charge is 2.22. The van der Waals surface area contributed by atoms with Crippen molar-refractivity contribution in [3.63, 3.8) is 0 Å². The third-order valence-corrected chi connectivity index (χ3v) is 5.97. The van der Waals surface area contributed by atoms with Gasteiger partial charge in [0.1, 0.15) is 23.5 Å². The maximum Gasteiger partial charge on any atom is 0.259 e. The van der Waals surface area contributed by atoms with Crippen molar-refractivity contribution in [3.05, 3.63) is 76.7 Å². The molecule has 0 spiro atoms. The van der Waals surface area contributed by atoms with Crippen molar-refractivity contribution in [1.29, 1.82) is 0 Å². The average molecular weight is 512 g/mol. The predicted molar refractivity (Wildman–Crippen MR) is 139 cm³/mol. The first-order valence-corrected chi connectivity index (χ1v) is 11.9. The number of hydrogen-bond acceptors (Lipinski definition) is 6. The molecule has 188 valence electrons. The van der Waals surface area contributed by atoms with Gasteiger partial charge in [-0.15, -0.1) is 0 Å². The van der Waals surface area contributed by atoms with Crippen LogP contribution in [0.2, 0.25) is 5.02 Å². The number of anilines is 3. The lowest BCUT2D eigenvalue weighted by Gasteiger charge is -2.26. The van der Waals surface area contributed by atoms with Crippen molar-refractivity contribution >= 4 is 40.6 Å². The molecule has 2 aromatic carbocycles. The number of nitrogens with zero attached hydrogens (tertiary/aromatic N) is 2. The number of amides is 2. The zero-order valence-corrected chi connectivity index (χ0v) is 20.7. The summed E-state index contributed by atoms with van der Waals surface area (Å²) in [5, 5.41) is 9.04. The second kappa shape index (κ2) is 11.4. The van der Waals surface area contributed by atoms with Gasteiger partial charge in [0.25, 0.3) is 11.8 Å². The lowest BCUT2D eigenvalue weighted by atomic mass is 10.1. The molecule has 4 rings (SSSR count). The van der Waals surface area contributed by atoms with Gasteiger partial charge in [0.2, 0.25) is 0 Å². The second-order valence-corrected chi connectivity index (χ2v) is 9.04. The van der Waals surface area contributed by atoms with E-state index < -0.39 is 17.6 Å². The van der Waals surface area contributed by atoms with Crippen LogP contribution < -0.4 is 25.6 Å². The second-order valence-electron chi connectivity index (χ2n) is 8.60. The number of carbonyl (C=O) groups is 2. The van der Waals surface area contributed by atoms with Crippen molar-refractivity contribution in [1.82, 2.24) is 10.3 Å². The number of piperidine rings is 1. The third kappa shape index (κ3) is 6.30. The van der Waals surface area contributed by atoms with E-state index in [9.17, 15) is 14.0 Å². The quantitative estimate of drug-likeness (QED) is 0.430. The Morgan fingerprint density at radius 1 is 1.03 bits per heavy atom. The van der Waals surface area contributed by atoms with E-state index in [4.69, 9.17) is 16.3 Å². The zero-order valence-electron chi connectivity index (χ0n) is 20.0. The van der Waals surface area contributed by atoms with E-state index in [1.165, 1.54) is 24.4 Å². The summed E-state index contributed by atoms with van der Waals surface area (Å²) in [6, 6.07) is 12.0. The first-order valence-electron chi connectivity index (χ1n) is 11.5. The Labute approximate surface area is 213 Å². The predicted octanol–water partition coefficient (Wildman–Crippen LogP) is 4.58. The Morgan fingerprint density at radius 3 is 2.47 bits per heavy atom.